The minimum atomic E-state index is -0.906. The van der Waals surface area contributed by atoms with Crippen molar-refractivity contribution in [3.63, 3.8) is 0 Å². The molecule has 6 rings (SSSR count). The van der Waals surface area contributed by atoms with Crippen LogP contribution >= 0.6 is 0 Å². The Hall–Kier alpha value is -7.52. The van der Waals surface area contributed by atoms with Gasteiger partial charge in [0.15, 0.2) is 12.2 Å². The van der Waals surface area contributed by atoms with Crippen LogP contribution in [0.4, 0.5) is 0 Å². The summed E-state index contributed by atoms with van der Waals surface area (Å²) in [4.78, 5) is 53.2. The molecule has 4 aromatic carbocycles. The molecule has 2 heterocycles. The molecule has 61 heavy (non-hydrogen) atoms. The number of hydrogen-bond acceptors (Lipinski definition) is 13. The Balaban J connectivity index is 0.948. The predicted octanol–water partition coefficient (Wildman–Crippen LogP) is 6.86. The lowest BCUT2D eigenvalue weighted by Gasteiger charge is -2.17. The molecule has 310 valence electrons. The largest absolute Gasteiger partial charge is 0.494 e. The average molecular weight is 825 g/mol. The molecule has 2 fully saturated rings. The van der Waals surface area contributed by atoms with E-state index < -0.39 is 48.3 Å². The lowest BCUT2D eigenvalue weighted by atomic mass is 10.1. The van der Waals surface area contributed by atoms with Crippen LogP contribution in [0.25, 0.3) is 17.0 Å². The van der Waals surface area contributed by atoms with E-state index in [1.165, 1.54) is 24.3 Å². The quantitative estimate of drug-likeness (QED) is 0.0194. The highest BCUT2D eigenvalue weighted by Crippen LogP contribution is 2.32. The molecule has 2 aliphatic heterocycles. The van der Waals surface area contributed by atoms with Gasteiger partial charge in [0, 0.05) is 6.08 Å². The molecule has 0 bridgehead atoms. The van der Waals surface area contributed by atoms with E-state index in [4.69, 9.17) is 44.5 Å². The van der Waals surface area contributed by atoms with Gasteiger partial charge in [-0.15, -0.1) is 0 Å². The van der Waals surface area contributed by atoms with Crippen molar-refractivity contribution >= 4 is 36.0 Å². The first-order valence-electron chi connectivity index (χ1n) is 19.2. The molecule has 14 nitrogen and oxygen atoms in total. The molecule has 2 unspecified atom stereocenters. The Bertz CT molecular complexity index is 2330. The number of ether oxygens (including phenoxy) is 8. The van der Waals surface area contributed by atoms with Crippen LogP contribution in [0, 0.1) is 17.9 Å². The van der Waals surface area contributed by atoms with Gasteiger partial charge in [-0.05, 0) is 90.2 Å². The molecule has 0 aliphatic carbocycles. The third-order valence-corrected chi connectivity index (χ3v) is 9.29. The molecule has 0 spiro atoms. The van der Waals surface area contributed by atoms with Crippen LogP contribution in [0.3, 0.4) is 0 Å². The molecular weight excluding hydrogens is 785 g/mol. The number of benzene rings is 4. The van der Waals surface area contributed by atoms with Gasteiger partial charge in [-0.25, -0.2) is 19.2 Å². The van der Waals surface area contributed by atoms with Gasteiger partial charge >= 0.3 is 23.9 Å². The van der Waals surface area contributed by atoms with E-state index in [-0.39, 0.29) is 36.8 Å². The first-order chi connectivity index (χ1) is 29.7. The Morgan fingerprint density at radius 3 is 1.93 bits per heavy atom. The highest BCUT2D eigenvalue weighted by atomic mass is 16.7. The Morgan fingerprint density at radius 1 is 0.738 bits per heavy atom. The van der Waals surface area contributed by atoms with Gasteiger partial charge in [-0.2, -0.15) is 5.26 Å². The minimum absolute atomic E-state index is 0.0529. The third kappa shape index (κ3) is 12.3. The van der Waals surface area contributed by atoms with Crippen LogP contribution < -0.4 is 14.2 Å². The fourth-order valence-electron chi connectivity index (χ4n) is 6.14. The fraction of sp³-hybridized carbons (Fsp3) is 0.234. The van der Waals surface area contributed by atoms with Crippen molar-refractivity contribution in [1.29, 1.82) is 5.26 Å². The van der Waals surface area contributed by atoms with E-state index in [2.05, 4.69) is 11.4 Å². The van der Waals surface area contributed by atoms with Crippen LogP contribution in [0.5, 0.6) is 17.2 Å². The highest BCUT2D eigenvalue weighted by molar-refractivity contribution is 5.98. The van der Waals surface area contributed by atoms with Crippen molar-refractivity contribution in [3.8, 4) is 23.3 Å². The Morgan fingerprint density at radius 2 is 1.31 bits per heavy atom. The number of nitriles is 1. The summed E-state index contributed by atoms with van der Waals surface area (Å²) in [5.41, 5.74) is 1.84. The summed E-state index contributed by atoms with van der Waals surface area (Å²) in [6.07, 6.45) is 1.87. The monoisotopic (exact) mass is 824 g/mol. The van der Waals surface area contributed by atoms with Crippen molar-refractivity contribution in [3.05, 3.63) is 161 Å². The SMILES string of the molecule is [C-]#[N+]/C(=C\c1ccc(OC(=O)c2ccc(OCCCCOC(=O)C=C)cc2)cc1)C(=O)O[C@H]1COC2C1OC[C@H]2OC(=O)/C(C#N)=C/c1ccc(OCc2ccccc2)cc1. The van der Waals surface area contributed by atoms with Crippen molar-refractivity contribution in [2.45, 2.75) is 43.9 Å². The number of esters is 4. The van der Waals surface area contributed by atoms with E-state index in [1.807, 2.05) is 36.4 Å². The van der Waals surface area contributed by atoms with E-state index in [0.717, 1.165) is 11.6 Å². The van der Waals surface area contributed by atoms with Crippen LogP contribution in [0.15, 0.2) is 127 Å². The topological polar surface area (TPSA) is 170 Å². The van der Waals surface area contributed by atoms with Gasteiger partial charge in [0.25, 0.3) is 5.70 Å². The van der Waals surface area contributed by atoms with Crippen LogP contribution in [0.1, 0.15) is 39.9 Å². The summed E-state index contributed by atoms with van der Waals surface area (Å²) >= 11 is 0. The van der Waals surface area contributed by atoms with E-state index in [9.17, 15) is 24.4 Å². The third-order valence-electron chi connectivity index (χ3n) is 9.29. The lowest BCUT2D eigenvalue weighted by Crippen LogP contribution is -2.36. The maximum Gasteiger partial charge on any atom is 0.349 e. The summed E-state index contributed by atoms with van der Waals surface area (Å²) in [6, 6.07) is 31.1. The molecule has 0 aromatic heterocycles. The first-order valence-corrected chi connectivity index (χ1v) is 19.2. The van der Waals surface area contributed by atoms with Crippen molar-refractivity contribution in [2.24, 2.45) is 0 Å². The molecular formula is C47H40N2O12. The second-order valence-corrected chi connectivity index (χ2v) is 13.5. The van der Waals surface area contributed by atoms with Crippen LogP contribution in [-0.4, -0.2) is 74.7 Å². The molecule has 0 radical (unpaired) electrons. The van der Waals surface area contributed by atoms with Gasteiger partial charge in [0.2, 0.25) is 0 Å². The summed E-state index contributed by atoms with van der Waals surface area (Å²) in [7, 11) is 0. The Labute approximate surface area is 351 Å². The summed E-state index contributed by atoms with van der Waals surface area (Å²) in [6.45, 7) is 11.9. The van der Waals surface area contributed by atoms with Crippen LogP contribution in [-0.2, 0) is 44.7 Å². The fourth-order valence-corrected chi connectivity index (χ4v) is 6.14. The van der Waals surface area contributed by atoms with E-state index in [1.54, 1.807) is 60.7 Å². The molecule has 2 aliphatic rings. The number of carbonyl (C=O) groups excluding carboxylic acids is 4. The van der Waals surface area contributed by atoms with Gasteiger partial charge in [0.1, 0.15) is 47.7 Å². The van der Waals surface area contributed by atoms with Gasteiger partial charge in [-0.1, -0.05) is 61.2 Å². The van der Waals surface area contributed by atoms with Gasteiger partial charge in [-0.3, -0.25) is 4.79 Å². The molecule has 0 saturated carbocycles. The summed E-state index contributed by atoms with van der Waals surface area (Å²) < 4.78 is 44.7. The number of hydrogen-bond donors (Lipinski definition) is 0. The normalized spacial score (nSPS) is 18.1. The number of unbranched alkanes of at least 4 members (excludes halogenated alkanes) is 1. The predicted molar refractivity (Wildman–Crippen MR) is 218 cm³/mol. The van der Waals surface area contributed by atoms with Crippen molar-refractivity contribution in [1.82, 2.24) is 0 Å². The zero-order valence-corrected chi connectivity index (χ0v) is 32.8. The number of nitrogens with zero attached hydrogens (tertiary/aromatic N) is 2. The second kappa shape index (κ2) is 21.5. The molecule has 4 atom stereocenters. The van der Waals surface area contributed by atoms with Gasteiger partial charge in [0.05, 0.1) is 38.6 Å². The molecule has 4 aromatic rings. The minimum Gasteiger partial charge on any atom is -0.494 e. The molecule has 2 saturated heterocycles. The van der Waals surface area contributed by atoms with Crippen LogP contribution in [0.2, 0.25) is 0 Å². The standard InChI is InChI=1S/C47H40N2O12/c1-3-42(50)55-24-8-7-23-54-36-21-15-34(16-22-36)45(51)59-38-19-13-32(14-20-38)26-39(49-2)47(53)61-41-30-58-43-40(29-57-44(41)43)60-46(52)35(27-48)25-31-11-17-37(18-12-31)56-28-33-9-5-4-6-10-33/h3-6,9-22,25-26,40-41,43-44H,1,7-8,23-24,28-30H2/b35-25+,39-26-/t40-,41+,43?,44?/m1/s1. The maximum absolute atomic E-state index is 13.1. The lowest BCUT2D eigenvalue weighted by molar-refractivity contribution is -0.150. The molecule has 0 N–H and O–H groups in total. The second-order valence-electron chi connectivity index (χ2n) is 13.5. The molecule has 14 heteroatoms. The highest BCUT2D eigenvalue weighted by Gasteiger charge is 2.51. The smallest absolute Gasteiger partial charge is 0.349 e. The zero-order chi connectivity index (χ0) is 43.0. The van der Waals surface area contributed by atoms with Gasteiger partial charge < -0.3 is 37.9 Å². The number of fused-ring (bicyclic) bond motifs is 1. The first kappa shape index (κ1) is 43.1. The summed E-state index contributed by atoms with van der Waals surface area (Å²) in [5, 5.41) is 9.73. The number of carbonyl (C=O) groups is 4. The Kier molecular flexibility index (Phi) is 15.2. The zero-order valence-electron chi connectivity index (χ0n) is 32.8. The average Bonchev–Trinajstić information content (AvgIpc) is 3.88. The molecule has 0 amide bonds. The van der Waals surface area contributed by atoms with E-state index >= 15 is 0 Å². The maximum atomic E-state index is 13.1. The van der Waals surface area contributed by atoms with Crippen molar-refractivity contribution < 1.29 is 57.1 Å². The summed E-state index contributed by atoms with van der Waals surface area (Å²) in [5.74, 6) is -1.40. The van der Waals surface area contributed by atoms with E-state index in [0.29, 0.717) is 54.2 Å². The number of rotatable bonds is 18. The van der Waals surface area contributed by atoms with Crippen molar-refractivity contribution in [2.75, 3.05) is 26.4 Å².